The Bertz CT molecular complexity index is 798. The van der Waals surface area contributed by atoms with Crippen LogP contribution in [0.2, 0.25) is 0 Å². The Kier molecular flexibility index (Phi) is 7.20. The van der Waals surface area contributed by atoms with E-state index in [4.69, 9.17) is 16.2 Å². The van der Waals surface area contributed by atoms with Crippen LogP contribution in [0.1, 0.15) is 29.8 Å². The molecule has 1 aromatic carbocycles. The van der Waals surface area contributed by atoms with Gasteiger partial charge in [-0.1, -0.05) is 13.8 Å². The minimum Gasteiger partial charge on any atom is -0.492 e. The third-order valence-electron chi connectivity index (χ3n) is 4.32. The number of hydrogen-bond donors (Lipinski definition) is 3. The number of rotatable bonds is 9. The standard InChI is InChI=1S/C19H26N4O3S/c1-4-23(5-2)10-11-26-14-8-6-13(7-9-14)16-12(3)15(17(20)24)18(27-16)22-19(21)25/h6-9H,4-5,10-11H2,1-3H3,(H2,20,24)(H3,21,22,25). The molecule has 0 aliphatic carbocycles. The summed E-state index contributed by atoms with van der Waals surface area (Å²) in [5.74, 6) is 0.181. The second kappa shape index (κ2) is 9.38. The third-order valence-corrected chi connectivity index (χ3v) is 5.57. The highest BCUT2D eigenvalue weighted by Gasteiger charge is 2.21. The average molecular weight is 391 g/mol. The van der Waals surface area contributed by atoms with Crippen LogP contribution in [-0.2, 0) is 0 Å². The first-order valence-corrected chi connectivity index (χ1v) is 9.64. The summed E-state index contributed by atoms with van der Waals surface area (Å²) in [5, 5.41) is 2.84. The largest absolute Gasteiger partial charge is 0.492 e. The molecule has 0 saturated carbocycles. The van der Waals surface area contributed by atoms with E-state index in [-0.39, 0.29) is 5.56 Å². The van der Waals surface area contributed by atoms with Gasteiger partial charge in [0.2, 0.25) is 0 Å². The first kappa shape index (κ1) is 20.7. The van der Waals surface area contributed by atoms with Gasteiger partial charge in [-0.15, -0.1) is 11.3 Å². The lowest BCUT2D eigenvalue weighted by atomic mass is 10.1. The maximum atomic E-state index is 11.8. The van der Waals surface area contributed by atoms with Crippen molar-refractivity contribution < 1.29 is 14.3 Å². The zero-order chi connectivity index (χ0) is 20.0. The molecule has 27 heavy (non-hydrogen) atoms. The molecule has 7 nitrogen and oxygen atoms in total. The van der Waals surface area contributed by atoms with Gasteiger partial charge in [0.1, 0.15) is 17.4 Å². The first-order valence-electron chi connectivity index (χ1n) is 8.82. The van der Waals surface area contributed by atoms with E-state index in [2.05, 4.69) is 24.1 Å². The number of anilines is 1. The number of hydrogen-bond acceptors (Lipinski definition) is 5. The van der Waals surface area contributed by atoms with Crippen molar-refractivity contribution in [1.82, 2.24) is 4.90 Å². The molecule has 1 aromatic heterocycles. The van der Waals surface area contributed by atoms with Crippen molar-refractivity contribution in [1.29, 1.82) is 0 Å². The number of ether oxygens (including phenoxy) is 1. The van der Waals surface area contributed by atoms with Crippen molar-refractivity contribution in [3.8, 4) is 16.2 Å². The molecule has 0 spiro atoms. The van der Waals surface area contributed by atoms with Gasteiger partial charge in [-0.05, 0) is 55.4 Å². The van der Waals surface area contributed by atoms with Gasteiger partial charge in [0, 0.05) is 11.4 Å². The summed E-state index contributed by atoms with van der Waals surface area (Å²) in [4.78, 5) is 26.1. The molecule has 5 N–H and O–H groups in total. The highest BCUT2D eigenvalue weighted by atomic mass is 32.1. The fraction of sp³-hybridized carbons (Fsp3) is 0.368. The van der Waals surface area contributed by atoms with Crippen LogP contribution in [0.15, 0.2) is 24.3 Å². The minimum absolute atomic E-state index is 0.286. The van der Waals surface area contributed by atoms with Crippen molar-refractivity contribution in [2.45, 2.75) is 20.8 Å². The molecule has 2 rings (SSSR count). The third kappa shape index (κ3) is 5.21. The fourth-order valence-electron chi connectivity index (χ4n) is 2.82. The average Bonchev–Trinajstić information content (AvgIpc) is 2.94. The predicted octanol–water partition coefficient (Wildman–Crippen LogP) is 3.03. The zero-order valence-electron chi connectivity index (χ0n) is 15.9. The van der Waals surface area contributed by atoms with Gasteiger partial charge < -0.3 is 21.1 Å². The van der Waals surface area contributed by atoms with Gasteiger partial charge in [-0.25, -0.2) is 4.79 Å². The lowest BCUT2D eigenvalue weighted by Gasteiger charge is -2.18. The molecule has 146 valence electrons. The first-order chi connectivity index (χ1) is 12.9. The summed E-state index contributed by atoms with van der Waals surface area (Å²) < 4.78 is 5.80. The fourth-order valence-corrected chi connectivity index (χ4v) is 4.04. The number of carbonyl (C=O) groups excluding carboxylic acids is 2. The molecule has 8 heteroatoms. The van der Waals surface area contributed by atoms with Crippen molar-refractivity contribution in [2.24, 2.45) is 11.5 Å². The number of primary amides is 2. The monoisotopic (exact) mass is 390 g/mol. The Morgan fingerprint density at radius 1 is 1.15 bits per heavy atom. The molecule has 0 atom stereocenters. The van der Waals surface area contributed by atoms with Crippen LogP contribution in [0.25, 0.3) is 10.4 Å². The number of likely N-dealkylation sites (N-methyl/N-ethyl adjacent to an activating group) is 1. The zero-order valence-corrected chi connectivity index (χ0v) is 16.7. The van der Waals surface area contributed by atoms with E-state index >= 15 is 0 Å². The van der Waals surface area contributed by atoms with Crippen LogP contribution in [0, 0.1) is 6.92 Å². The van der Waals surface area contributed by atoms with Crippen LogP contribution in [0.5, 0.6) is 5.75 Å². The Morgan fingerprint density at radius 2 is 1.78 bits per heavy atom. The van der Waals surface area contributed by atoms with Gasteiger partial charge in [0.15, 0.2) is 0 Å². The van der Waals surface area contributed by atoms with E-state index in [1.807, 2.05) is 24.3 Å². The van der Waals surface area contributed by atoms with Crippen LogP contribution >= 0.6 is 11.3 Å². The molecule has 2 aromatic rings. The van der Waals surface area contributed by atoms with Crippen LogP contribution in [0.3, 0.4) is 0 Å². The number of nitrogens with zero attached hydrogens (tertiary/aromatic N) is 1. The van der Waals surface area contributed by atoms with Gasteiger partial charge in [0.05, 0.1) is 5.56 Å². The summed E-state index contributed by atoms with van der Waals surface area (Å²) >= 11 is 1.27. The lowest BCUT2D eigenvalue weighted by Crippen LogP contribution is -2.27. The molecule has 0 unspecified atom stereocenters. The highest BCUT2D eigenvalue weighted by Crippen LogP contribution is 2.40. The molecule has 0 aliphatic rings. The maximum absolute atomic E-state index is 11.8. The van der Waals surface area contributed by atoms with E-state index in [0.717, 1.165) is 35.8 Å². The maximum Gasteiger partial charge on any atom is 0.317 e. The van der Waals surface area contributed by atoms with E-state index in [1.165, 1.54) is 11.3 Å². The van der Waals surface area contributed by atoms with Crippen LogP contribution in [-0.4, -0.2) is 43.1 Å². The minimum atomic E-state index is -0.734. The Hall–Kier alpha value is -2.58. The van der Waals surface area contributed by atoms with Gasteiger partial charge in [0.25, 0.3) is 5.91 Å². The molecule has 0 radical (unpaired) electrons. The topological polar surface area (TPSA) is 111 Å². The number of thiophene rings is 1. The van der Waals surface area contributed by atoms with Crippen molar-refractivity contribution in [2.75, 3.05) is 31.6 Å². The number of carbonyl (C=O) groups is 2. The van der Waals surface area contributed by atoms with E-state index in [1.54, 1.807) is 6.92 Å². The van der Waals surface area contributed by atoms with Crippen molar-refractivity contribution >= 4 is 28.3 Å². The van der Waals surface area contributed by atoms with E-state index in [0.29, 0.717) is 17.2 Å². The summed E-state index contributed by atoms with van der Waals surface area (Å²) in [6, 6.07) is 6.89. The van der Waals surface area contributed by atoms with E-state index < -0.39 is 11.9 Å². The smallest absolute Gasteiger partial charge is 0.317 e. The van der Waals surface area contributed by atoms with Gasteiger partial charge >= 0.3 is 6.03 Å². The Morgan fingerprint density at radius 3 is 2.30 bits per heavy atom. The van der Waals surface area contributed by atoms with Crippen LogP contribution < -0.4 is 21.5 Å². The predicted molar refractivity (Wildman–Crippen MR) is 109 cm³/mol. The second-order valence-electron chi connectivity index (χ2n) is 6.01. The lowest BCUT2D eigenvalue weighted by molar-refractivity contribution is 0.100. The number of nitrogens with two attached hydrogens (primary N) is 2. The van der Waals surface area contributed by atoms with Crippen molar-refractivity contribution in [3.05, 3.63) is 35.4 Å². The molecule has 0 fully saturated rings. The van der Waals surface area contributed by atoms with Crippen LogP contribution in [0.4, 0.5) is 9.80 Å². The normalized spacial score (nSPS) is 10.8. The molecule has 0 saturated heterocycles. The summed E-state index contributed by atoms with van der Waals surface area (Å²) in [7, 11) is 0. The quantitative estimate of drug-likeness (QED) is 0.611. The second-order valence-corrected chi connectivity index (χ2v) is 7.03. The summed E-state index contributed by atoms with van der Waals surface area (Å²) in [6.45, 7) is 9.56. The highest BCUT2D eigenvalue weighted by molar-refractivity contribution is 7.20. The van der Waals surface area contributed by atoms with Gasteiger partial charge in [-0.2, -0.15) is 0 Å². The number of amides is 3. The number of urea groups is 1. The van der Waals surface area contributed by atoms with Gasteiger partial charge in [-0.3, -0.25) is 10.1 Å². The molecule has 3 amide bonds. The number of nitrogens with one attached hydrogen (secondary N) is 1. The molecule has 0 aliphatic heterocycles. The SMILES string of the molecule is CCN(CC)CCOc1ccc(-c2sc(NC(N)=O)c(C(N)=O)c2C)cc1. The summed E-state index contributed by atoms with van der Waals surface area (Å²) in [5.41, 5.74) is 12.6. The number of benzene rings is 1. The van der Waals surface area contributed by atoms with Crippen molar-refractivity contribution in [3.63, 3.8) is 0 Å². The van der Waals surface area contributed by atoms with E-state index in [9.17, 15) is 9.59 Å². The molecular weight excluding hydrogens is 364 g/mol. The molecule has 1 heterocycles. The molecular formula is C19H26N4O3S. The Labute approximate surface area is 163 Å². The molecule has 0 bridgehead atoms. The Balaban J connectivity index is 2.17. The summed E-state index contributed by atoms with van der Waals surface area (Å²) in [6.07, 6.45) is 0.